The minimum atomic E-state index is -0.292. The number of hydrogen-bond acceptors (Lipinski definition) is 7. The first kappa shape index (κ1) is 16.9. The molecular weight excluding hydrogens is 344 g/mol. The normalized spacial score (nSPS) is 14.9. The van der Waals surface area contributed by atoms with Gasteiger partial charge in [-0.25, -0.2) is 0 Å². The van der Waals surface area contributed by atoms with Crippen molar-refractivity contribution in [1.29, 1.82) is 0 Å². The maximum absolute atomic E-state index is 12.3. The van der Waals surface area contributed by atoms with E-state index in [0.717, 1.165) is 9.47 Å². The molecule has 1 aliphatic rings. The van der Waals surface area contributed by atoms with E-state index in [9.17, 15) is 9.59 Å². The summed E-state index contributed by atoms with van der Waals surface area (Å²) in [6.45, 7) is 3.35. The fourth-order valence-electron chi connectivity index (χ4n) is 1.95. The lowest BCUT2D eigenvalue weighted by atomic mass is 10.1. The van der Waals surface area contributed by atoms with Crippen LogP contribution in [0.5, 0.6) is 0 Å². The summed E-state index contributed by atoms with van der Waals surface area (Å²) in [5.41, 5.74) is 1.30. The Balaban J connectivity index is 1.53. The Morgan fingerprint density at radius 1 is 1.25 bits per heavy atom. The molecule has 2 aromatic rings. The van der Waals surface area contributed by atoms with Gasteiger partial charge in [0.15, 0.2) is 10.1 Å². The predicted octanol–water partition coefficient (Wildman–Crippen LogP) is 3.43. The van der Waals surface area contributed by atoms with E-state index in [1.54, 1.807) is 24.3 Å². The zero-order chi connectivity index (χ0) is 17.1. The Hall–Kier alpha value is -1.93. The maximum Gasteiger partial charge on any atom is 0.237 e. The van der Waals surface area contributed by atoms with Gasteiger partial charge in [-0.3, -0.25) is 9.59 Å². The summed E-state index contributed by atoms with van der Waals surface area (Å²) < 4.78 is 0.771. The van der Waals surface area contributed by atoms with Gasteiger partial charge in [-0.15, -0.1) is 10.2 Å². The van der Waals surface area contributed by atoms with Crippen LogP contribution >= 0.6 is 23.1 Å². The van der Waals surface area contributed by atoms with Crippen LogP contribution in [0.15, 0.2) is 28.6 Å². The molecular formula is C16H18N4O2S2. The molecule has 3 rings (SSSR count). The number of benzene rings is 1. The largest absolute Gasteiger partial charge is 0.357 e. The van der Waals surface area contributed by atoms with Crippen molar-refractivity contribution in [3.05, 3.63) is 29.8 Å². The van der Waals surface area contributed by atoms with E-state index in [1.165, 1.54) is 42.9 Å². The average molecular weight is 362 g/mol. The zero-order valence-electron chi connectivity index (χ0n) is 13.4. The fraction of sp³-hybridized carbons (Fsp3) is 0.375. The molecule has 2 N–H and O–H groups in total. The molecule has 1 heterocycles. The van der Waals surface area contributed by atoms with Crippen molar-refractivity contribution in [3.63, 3.8) is 0 Å². The average Bonchev–Trinajstić information content (AvgIpc) is 3.26. The smallest absolute Gasteiger partial charge is 0.237 e. The molecule has 1 fully saturated rings. The highest BCUT2D eigenvalue weighted by Crippen LogP contribution is 2.32. The number of anilines is 2. The van der Waals surface area contributed by atoms with Crippen LogP contribution in [0.2, 0.25) is 0 Å². The first-order valence-corrected chi connectivity index (χ1v) is 9.39. The lowest BCUT2D eigenvalue weighted by Crippen LogP contribution is -2.22. The van der Waals surface area contributed by atoms with Crippen LogP contribution in [0.1, 0.15) is 37.0 Å². The lowest BCUT2D eigenvalue weighted by Gasteiger charge is -2.10. The molecule has 0 unspecified atom stereocenters. The molecule has 1 saturated carbocycles. The summed E-state index contributed by atoms with van der Waals surface area (Å²) in [7, 11) is 0. The summed E-state index contributed by atoms with van der Waals surface area (Å²) in [5.74, 6) is -0.105. The number of aromatic nitrogens is 2. The Labute approximate surface area is 148 Å². The number of carbonyl (C=O) groups is 2. The predicted molar refractivity (Wildman–Crippen MR) is 96.9 cm³/mol. The van der Waals surface area contributed by atoms with Crippen molar-refractivity contribution >= 4 is 45.6 Å². The molecule has 0 saturated heterocycles. The summed E-state index contributed by atoms with van der Waals surface area (Å²) >= 11 is 2.86. The Morgan fingerprint density at radius 2 is 1.96 bits per heavy atom. The van der Waals surface area contributed by atoms with Gasteiger partial charge in [-0.05, 0) is 51.0 Å². The van der Waals surface area contributed by atoms with Gasteiger partial charge in [0.05, 0.1) is 5.25 Å². The molecule has 0 radical (unpaired) electrons. The van der Waals surface area contributed by atoms with E-state index in [1.807, 2.05) is 6.92 Å². The third-order valence-electron chi connectivity index (χ3n) is 3.52. The van der Waals surface area contributed by atoms with E-state index in [4.69, 9.17) is 0 Å². The molecule has 0 aliphatic heterocycles. The highest BCUT2D eigenvalue weighted by atomic mass is 32.2. The Kier molecular flexibility index (Phi) is 5.15. The van der Waals surface area contributed by atoms with E-state index in [-0.39, 0.29) is 16.9 Å². The second kappa shape index (κ2) is 7.31. The number of carbonyl (C=O) groups excluding carboxylic acids is 2. The van der Waals surface area contributed by atoms with Gasteiger partial charge in [0.1, 0.15) is 0 Å². The van der Waals surface area contributed by atoms with Crippen molar-refractivity contribution < 1.29 is 9.59 Å². The highest BCUT2D eigenvalue weighted by molar-refractivity contribution is 8.02. The molecule has 1 aromatic carbocycles. The molecule has 1 amide bonds. The third-order valence-corrected chi connectivity index (χ3v) is 5.56. The summed E-state index contributed by atoms with van der Waals surface area (Å²) in [4.78, 5) is 23.5. The van der Waals surface area contributed by atoms with E-state index in [0.29, 0.717) is 17.3 Å². The Morgan fingerprint density at radius 3 is 2.58 bits per heavy atom. The Bertz CT molecular complexity index is 741. The van der Waals surface area contributed by atoms with Crippen LogP contribution in [-0.4, -0.2) is 33.2 Å². The van der Waals surface area contributed by atoms with Crippen LogP contribution in [0, 0.1) is 0 Å². The highest BCUT2D eigenvalue weighted by Gasteiger charge is 2.23. The number of ketones is 1. The summed E-state index contributed by atoms with van der Waals surface area (Å²) in [6, 6.07) is 7.41. The number of hydrogen-bond donors (Lipinski definition) is 2. The minimum absolute atomic E-state index is 0.00341. The lowest BCUT2D eigenvalue weighted by molar-refractivity contribution is -0.115. The molecule has 0 spiro atoms. The third kappa shape index (κ3) is 4.55. The van der Waals surface area contributed by atoms with Gasteiger partial charge < -0.3 is 10.6 Å². The molecule has 1 aromatic heterocycles. The van der Waals surface area contributed by atoms with Gasteiger partial charge in [0.2, 0.25) is 11.0 Å². The van der Waals surface area contributed by atoms with Crippen LogP contribution in [0.25, 0.3) is 0 Å². The SMILES string of the molecule is CC(=O)c1ccc(NC(=O)[C@H](C)Sc2nnc(NC3CC3)s2)cc1. The van der Waals surface area contributed by atoms with Crippen LogP contribution in [-0.2, 0) is 4.79 Å². The van der Waals surface area contributed by atoms with Crippen LogP contribution in [0.3, 0.4) is 0 Å². The molecule has 24 heavy (non-hydrogen) atoms. The fourth-order valence-corrected chi connectivity index (χ4v) is 3.93. The molecule has 8 heteroatoms. The van der Waals surface area contributed by atoms with Crippen LogP contribution in [0.4, 0.5) is 10.8 Å². The number of rotatable bonds is 7. The van der Waals surface area contributed by atoms with Crippen molar-refractivity contribution in [2.24, 2.45) is 0 Å². The van der Waals surface area contributed by atoms with Crippen molar-refractivity contribution in [2.75, 3.05) is 10.6 Å². The first-order valence-electron chi connectivity index (χ1n) is 7.70. The minimum Gasteiger partial charge on any atom is -0.357 e. The van der Waals surface area contributed by atoms with Gasteiger partial charge in [-0.1, -0.05) is 23.1 Å². The second-order valence-electron chi connectivity index (χ2n) is 5.67. The standard InChI is InChI=1S/C16H18N4O2S2/c1-9(21)11-3-5-12(6-4-11)17-14(22)10(2)23-16-20-19-15(24-16)18-13-7-8-13/h3-6,10,13H,7-8H2,1-2H3,(H,17,22)(H,18,19)/t10-/m0/s1. The van der Waals surface area contributed by atoms with E-state index >= 15 is 0 Å². The topological polar surface area (TPSA) is 84.0 Å². The molecule has 1 atom stereocenters. The van der Waals surface area contributed by atoms with Crippen molar-refractivity contribution in [2.45, 2.75) is 42.3 Å². The molecule has 1 aliphatic carbocycles. The number of nitrogens with zero attached hydrogens (tertiary/aromatic N) is 2. The molecule has 126 valence electrons. The van der Waals surface area contributed by atoms with E-state index < -0.39 is 0 Å². The number of thioether (sulfide) groups is 1. The first-order chi connectivity index (χ1) is 11.5. The van der Waals surface area contributed by atoms with Crippen molar-refractivity contribution in [1.82, 2.24) is 10.2 Å². The monoisotopic (exact) mass is 362 g/mol. The maximum atomic E-state index is 12.3. The van der Waals surface area contributed by atoms with Crippen molar-refractivity contribution in [3.8, 4) is 0 Å². The molecule has 0 bridgehead atoms. The number of amides is 1. The summed E-state index contributed by atoms with van der Waals surface area (Å²) in [6.07, 6.45) is 2.37. The zero-order valence-corrected chi connectivity index (χ0v) is 15.0. The number of Topliss-reactive ketones (excluding diaryl/α,β-unsaturated/α-hetero) is 1. The quantitative estimate of drug-likeness (QED) is 0.580. The van der Waals surface area contributed by atoms with Gasteiger partial charge in [0, 0.05) is 17.3 Å². The molecule has 6 nitrogen and oxygen atoms in total. The second-order valence-corrected chi connectivity index (χ2v) is 8.24. The van der Waals surface area contributed by atoms with Gasteiger partial charge >= 0.3 is 0 Å². The number of nitrogens with one attached hydrogen (secondary N) is 2. The van der Waals surface area contributed by atoms with E-state index in [2.05, 4.69) is 20.8 Å². The van der Waals surface area contributed by atoms with Gasteiger partial charge in [-0.2, -0.15) is 0 Å². The van der Waals surface area contributed by atoms with Crippen LogP contribution < -0.4 is 10.6 Å². The van der Waals surface area contributed by atoms with Gasteiger partial charge in [0.25, 0.3) is 0 Å². The summed E-state index contributed by atoms with van der Waals surface area (Å²) in [5, 5.41) is 14.9.